The van der Waals surface area contributed by atoms with Gasteiger partial charge in [0.25, 0.3) is 0 Å². The molecule has 2 aromatic rings. The van der Waals surface area contributed by atoms with E-state index in [9.17, 15) is 5.11 Å². The Balaban J connectivity index is 2.48. The van der Waals surface area contributed by atoms with Crippen LogP contribution in [-0.2, 0) is 13.6 Å². The fourth-order valence-corrected chi connectivity index (χ4v) is 1.56. The highest BCUT2D eigenvalue weighted by atomic mass is 16.3. The molecule has 15 heavy (non-hydrogen) atoms. The second-order valence-corrected chi connectivity index (χ2v) is 3.40. The van der Waals surface area contributed by atoms with E-state index in [-0.39, 0.29) is 5.75 Å². The lowest BCUT2D eigenvalue weighted by atomic mass is 10.1. The van der Waals surface area contributed by atoms with Gasteiger partial charge in [0.15, 0.2) is 0 Å². The summed E-state index contributed by atoms with van der Waals surface area (Å²) < 4.78 is 1.76. The number of nitrogens with two attached hydrogens (primary N) is 1. The molecule has 1 heterocycles. The van der Waals surface area contributed by atoms with Crippen LogP contribution in [0.1, 0.15) is 5.69 Å². The topological polar surface area (TPSA) is 64.1 Å². The molecular formula is C11H13N3O. The summed E-state index contributed by atoms with van der Waals surface area (Å²) in [5.41, 5.74) is 8.24. The highest BCUT2D eigenvalue weighted by Gasteiger charge is 2.06. The second-order valence-electron chi connectivity index (χ2n) is 3.40. The summed E-state index contributed by atoms with van der Waals surface area (Å²) in [6, 6.07) is 9.01. The molecule has 0 amide bonds. The number of phenolic OH excluding ortho intramolecular Hbond substituents is 1. The van der Waals surface area contributed by atoms with Crippen molar-refractivity contribution >= 4 is 0 Å². The van der Waals surface area contributed by atoms with Gasteiger partial charge in [-0.15, -0.1) is 0 Å². The van der Waals surface area contributed by atoms with E-state index in [1.807, 2.05) is 19.2 Å². The molecule has 0 saturated carbocycles. The van der Waals surface area contributed by atoms with Gasteiger partial charge in [-0.3, -0.25) is 4.68 Å². The predicted molar refractivity (Wildman–Crippen MR) is 58.2 cm³/mol. The molecule has 0 aliphatic heterocycles. The van der Waals surface area contributed by atoms with Crippen molar-refractivity contribution in [2.75, 3.05) is 0 Å². The average Bonchev–Trinajstić information content (AvgIpc) is 2.60. The van der Waals surface area contributed by atoms with Crippen LogP contribution in [0.2, 0.25) is 0 Å². The number of aryl methyl sites for hydroxylation is 1. The van der Waals surface area contributed by atoms with Crippen LogP contribution >= 0.6 is 0 Å². The highest BCUT2D eigenvalue weighted by Crippen LogP contribution is 2.23. The Bertz CT molecular complexity index is 476. The van der Waals surface area contributed by atoms with Gasteiger partial charge < -0.3 is 10.8 Å². The summed E-state index contributed by atoms with van der Waals surface area (Å²) in [5.74, 6) is 0.253. The van der Waals surface area contributed by atoms with Gasteiger partial charge in [-0.25, -0.2) is 0 Å². The van der Waals surface area contributed by atoms with E-state index < -0.39 is 0 Å². The third-order valence-corrected chi connectivity index (χ3v) is 2.28. The maximum Gasteiger partial charge on any atom is 0.116 e. The Morgan fingerprint density at radius 1 is 1.40 bits per heavy atom. The smallest absolute Gasteiger partial charge is 0.116 e. The van der Waals surface area contributed by atoms with Crippen LogP contribution in [0, 0.1) is 0 Å². The van der Waals surface area contributed by atoms with Crippen molar-refractivity contribution in [1.82, 2.24) is 9.78 Å². The molecule has 0 unspecified atom stereocenters. The van der Waals surface area contributed by atoms with E-state index in [0.29, 0.717) is 6.54 Å². The summed E-state index contributed by atoms with van der Waals surface area (Å²) in [4.78, 5) is 0. The lowest BCUT2D eigenvalue weighted by Gasteiger charge is -2.01. The molecule has 0 bridgehead atoms. The fraction of sp³-hybridized carbons (Fsp3) is 0.182. The van der Waals surface area contributed by atoms with Crippen LogP contribution in [0.15, 0.2) is 30.3 Å². The summed E-state index contributed by atoms with van der Waals surface area (Å²) >= 11 is 0. The number of hydrogen-bond donors (Lipinski definition) is 2. The number of rotatable bonds is 2. The van der Waals surface area contributed by atoms with Gasteiger partial charge in [-0.2, -0.15) is 5.10 Å². The van der Waals surface area contributed by atoms with Crippen molar-refractivity contribution in [3.63, 3.8) is 0 Å². The van der Waals surface area contributed by atoms with Gasteiger partial charge in [-0.1, -0.05) is 12.1 Å². The molecule has 2 rings (SSSR count). The van der Waals surface area contributed by atoms with Crippen molar-refractivity contribution < 1.29 is 5.11 Å². The van der Waals surface area contributed by atoms with E-state index in [1.165, 1.54) is 0 Å². The Hall–Kier alpha value is -1.81. The zero-order valence-corrected chi connectivity index (χ0v) is 8.51. The zero-order chi connectivity index (χ0) is 10.8. The van der Waals surface area contributed by atoms with Crippen LogP contribution < -0.4 is 5.73 Å². The maximum atomic E-state index is 9.37. The zero-order valence-electron chi connectivity index (χ0n) is 8.51. The quantitative estimate of drug-likeness (QED) is 0.772. The minimum absolute atomic E-state index is 0.253. The summed E-state index contributed by atoms with van der Waals surface area (Å²) in [6.45, 7) is 0.423. The van der Waals surface area contributed by atoms with E-state index in [1.54, 1.807) is 22.9 Å². The third-order valence-electron chi connectivity index (χ3n) is 2.28. The second kappa shape index (κ2) is 3.74. The molecular weight excluding hydrogens is 190 g/mol. The summed E-state index contributed by atoms with van der Waals surface area (Å²) in [6.07, 6.45) is 0. The van der Waals surface area contributed by atoms with E-state index in [2.05, 4.69) is 5.10 Å². The average molecular weight is 203 g/mol. The molecule has 78 valence electrons. The van der Waals surface area contributed by atoms with Crippen LogP contribution in [-0.4, -0.2) is 14.9 Å². The molecule has 0 saturated heterocycles. The number of nitrogens with zero attached hydrogens (tertiary/aromatic N) is 2. The van der Waals surface area contributed by atoms with Crippen molar-refractivity contribution in [1.29, 1.82) is 0 Å². The van der Waals surface area contributed by atoms with Gasteiger partial charge in [-0.05, 0) is 18.2 Å². The Morgan fingerprint density at radius 3 is 2.80 bits per heavy atom. The molecule has 0 fully saturated rings. The van der Waals surface area contributed by atoms with Crippen molar-refractivity contribution in [3.05, 3.63) is 36.0 Å². The Morgan fingerprint density at radius 2 is 2.20 bits per heavy atom. The molecule has 0 aliphatic carbocycles. The van der Waals surface area contributed by atoms with Gasteiger partial charge in [0.05, 0.1) is 11.4 Å². The van der Waals surface area contributed by atoms with E-state index in [0.717, 1.165) is 17.0 Å². The standard InChI is InChI=1S/C11H13N3O/c1-14-11(6-9(7-12)13-14)8-3-2-4-10(15)5-8/h2-6,15H,7,12H2,1H3. The first-order valence-corrected chi connectivity index (χ1v) is 4.73. The van der Waals surface area contributed by atoms with Gasteiger partial charge >= 0.3 is 0 Å². The van der Waals surface area contributed by atoms with E-state index in [4.69, 9.17) is 5.73 Å². The van der Waals surface area contributed by atoms with Crippen LogP contribution in [0.25, 0.3) is 11.3 Å². The first-order valence-electron chi connectivity index (χ1n) is 4.73. The Labute approximate surface area is 88.0 Å². The minimum atomic E-state index is 0.253. The van der Waals surface area contributed by atoms with Gasteiger partial charge in [0.1, 0.15) is 5.75 Å². The molecule has 1 aromatic heterocycles. The third kappa shape index (κ3) is 1.85. The molecule has 0 spiro atoms. The number of phenols is 1. The monoisotopic (exact) mass is 203 g/mol. The molecule has 0 aliphatic rings. The predicted octanol–water partition coefficient (Wildman–Crippen LogP) is 1.25. The van der Waals surface area contributed by atoms with Crippen molar-refractivity contribution in [2.45, 2.75) is 6.54 Å². The van der Waals surface area contributed by atoms with Gasteiger partial charge in [0, 0.05) is 19.2 Å². The first kappa shape index (κ1) is 9.73. The molecule has 3 N–H and O–H groups in total. The molecule has 0 atom stereocenters. The lowest BCUT2D eigenvalue weighted by Crippen LogP contribution is -1.98. The SMILES string of the molecule is Cn1nc(CN)cc1-c1cccc(O)c1. The number of aromatic hydroxyl groups is 1. The van der Waals surface area contributed by atoms with Crippen LogP contribution in [0.5, 0.6) is 5.75 Å². The lowest BCUT2D eigenvalue weighted by molar-refractivity contribution is 0.475. The van der Waals surface area contributed by atoms with Crippen LogP contribution in [0.3, 0.4) is 0 Å². The highest BCUT2D eigenvalue weighted by molar-refractivity contribution is 5.61. The number of hydrogen-bond acceptors (Lipinski definition) is 3. The molecule has 0 radical (unpaired) electrons. The number of aromatic nitrogens is 2. The molecule has 1 aromatic carbocycles. The Kier molecular flexibility index (Phi) is 2.43. The van der Waals surface area contributed by atoms with Crippen LogP contribution in [0.4, 0.5) is 0 Å². The number of benzene rings is 1. The first-order chi connectivity index (χ1) is 7.20. The largest absolute Gasteiger partial charge is 0.508 e. The van der Waals surface area contributed by atoms with Gasteiger partial charge in [0.2, 0.25) is 0 Å². The van der Waals surface area contributed by atoms with Crippen molar-refractivity contribution in [2.24, 2.45) is 12.8 Å². The normalized spacial score (nSPS) is 10.5. The van der Waals surface area contributed by atoms with E-state index >= 15 is 0 Å². The summed E-state index contributed by atoms with van der Waals surface area (Å²) in [7, 11) is 1.86. The maximum absolute atomic E-state index is 9.37. The molecule has 4 nitrogen and oxygen atoms in total. The fourth-order valence-electron chi connectivity index (χ4n) is 1.56. The minimum Gasteiger partial charge on any atom is -0.508 e. The molecule has 4 heteroatoms. The van der Waals surface area contributed by atoms with Crippen molar-refractivity contribution in [3.8, 4) is 17.0 Å². The summed E-state index contributed by atoms with van der Waals surface area (Å²) in [5, 5.41) is 13.6.